The Bertz CT molecular complexity index is 363. The van der Waals surface area contributed by atoms with Crippen LogP contribution < -0.4 is 10.5 Å². The van der Waals surface area contributed by atoms with Gasteiger partial charge in [0.25, 0.3) is 0 Å². The largest absolute Gasteiger partial charge is 0.490 e. The van der Waals surface area contributed by atoms with Crippen molar-refractivity contribution in [2.24, 2.45) is 5.92 Å². The maximum atomic E-state index is 5.82. The second-order valence-corrected chi connectivity index (χ2v) is 4.94. The smallest absolute Gasteiger partial charge is 0.142 e. The zero-order chi connectivity index (χ0) is 12.3. The first kappa shape index (κ1) is 12.2. The summed E-state index contributed by atoms with van der Waals surface area (Å²) in [4.78, 5) is 2.37. The van der Waals surface area contributed by atoms with Crippen molar-refractivity contribution >= 4 is 5.69 Å². The quantitative estimate of drug-likeness (QED) is 0.768. The normalized spacial score (nSPS) is 17.1. The van der Waals surface area contributed by atoms with E-state index in [9.17, 15) is 0 Å². The molecule has 2 N–H and O–H groups in total. The van der Waals surface area contributed by atoms with Crippen LogP contribution in [-0.4, -0.2) is 31.1 Å². The number of ether oxygens (including phenoxy) is 1. The Morgan fingerprint density at radius 1 is 1.41 bits per heavy atom. The summed E-state index contributed by atoms with van der Waals surface area (Å²) in [5.74, 6) is 1.70. The maximum Gasteiger partial charge on any atom is 0.142 e. The summed E-state index contributed by atoms with van der Waals surface area (Å²) in [5, 5.41) is 0. The Hall–Kier alpha value is -1.22. The molecule has 1 unspecified atom stereocenters. The fourth-order valence-corrected chi connectivity index (χ4v) is 2.05. The van der Waals surface area contributed by atoms with E-state index in [0.717, 1.165) is 18.2 Å². The zero-order valence-corrected chi connectivity index (χ0v) is 10.7. The van der Waals surface area contributed by atoms with Gasteiger partial charge in [-0.05, 0) is 44.9 Å². The fourth-order valence-electron chi connectivity index (χ4n) is 2.05. The molecule has 94 valence electrons. The highest BCUT2D eigenvalue weighted by Gasteiger charge is 2.30. The molecule has 0 saturated heterocycles. The number of para-hydroxylation sites is 2. The van der Waals surface area contributed by atoms with E-state index in [-0.39, 0.29) is 0 Å². The van der Waals surface area contributed by atoms with Gasteiger partial charge in [-0.3, -0.25) is 0 Å². The molecule has 0 aliphatic heterocycles. The van der Waals surface area contributed by atoms with E-state index in [4.69, 9.17) is 10.5 Å². The van der Waals surface area contributed by atoms with E-state index in [1.807, 2.05) is 24.3 Å². The molecule has 0 radical (unpaired) electrons. The van der Waals surface area contributed by atoms with Gasteiger partial charge in [0.15, 0.2) is 0 Å². The van der Waals surface area contributed by atoms with Gasteiger partial charge in [-0.25, -0.2) is 0 Å². The monoisotopic (exact) mass is 234 g/mol. The molecule has 3 heteroatoms. The van der Waals surface area contributed by atoms with Gasteiger partial charge in [-0.15, -0.1) is 0 Å². The molecule has 0 amide bonds. The van der Waals surface area contributed by atoms with E-state index in [1.54, 1.807) is 0 Å². The molecule has 1 saturated carbocycles. The first-order valence-corrected chi connectivity index (χ1v) is 6.36. The number of hydrogen-bond acceptors (Lipinski definition) is 3. The number of anilines is 1. The molecule has 0 bridgehead atoms. The molecule has 1 atom stereocenters. The molecule has 1 fully saturated rings. The van der Waals surface area contributed by atoms with Crippen LogP contribution in [0.3, 0.4) is 0 Å². The van der Waals surface area contributed by atoms with Crippen molar-refractivity contribution in [2.45, 2.75) is 25.8 Å². The van der Waals surface area contributed by atoms with Gasteiger partial charge in [0, 0.05) is 12.6 Å². The molecule has 1 aliphatic carbocycles. The van der Waals surface area contributed by atoms with Gasteiger partial charge >= 0.3 is 0 Å². The summed E-state index contributed by atoms with van der Waals surface area (Å²) in [6.45, 7) is 3.95. The van der Waals surface area contributed by atoms with Gasteiger partial charge in [-0.2, -0.15) is 0 Å². The van der Waals surface area contributed by atoms with Crippen molar-refractivity contribution in [1.29, 1.82) is 0 Å². The summed E-state index contributed by atoms with van der Waals surface area (Å²) in [5.41, 5.74) is 6.53. The van der Waals surface area contributed by atoms with Crippen LogP contribution in [0.2, 0.25) is 0 Å². The van der Waals surface area contributed by atoms with Crippen molar-refractivity contribution in [1.82, 2.24) is 4.90 Å². The lowest BCUT2D eigenvalue weighted by atomic mass is 10.2. The van der Waals surface area contributed by atoms with Crippen LogP contribution in [0.5, 0.6) is 5.75 Å². The Morgan fingerprint density at radius 3 is 2.76 bits per heavy atom. The van der Waals surface area contributed by atoms with Crippen molar-refractivity contribution in [3.8, 4) is 5.75 Å². The van der Waals surface area contributed by atoms with Crippen molar-refractivity contribution < 1.29 is 4.74 Å². The predicted molar refractivity (Wildman–Crippen MR) is 71.2 cm³/mol. The molecule has 17 heavy (non-hydrogen) atoms. The number of rotatable bonds is 6. The Labute approximate surface area is 104 Å². The fraction of sp³-hybridized carbons (Fsp3) is 0.571. The van der Waals surface area contributed by atoms with E-state index in [0.29, 0.717) is 18.3 Å². The summed E-state index contributed by atoms with van der Waals surface area (Å²) in [6.07, 6.45) is 2.77. The molecule has 0 aromatic heterocycles. The maximum absolute atomic E-state index is 5.82. The molecule has 3 nitrogen and oxygen atoms in total. The zero-order valence-electron chi connectivity index (χ0n) is 10.7. The summed E-state index contributed by atoms with van der Waals surface area (Å²) in [6, 6.07) is 8.32. The van der Waals surface area contributed by atoms with Gasteiger partial charge in [0.05, 0.1) is 5.69 Å². The topological polar surface area (TPSA) is 38.5 Å². The number of nitrogen functional groups attached to an aromatic ring is 1. The van der Waals surface area contributed by atoms with Crippen molar-refractivity contribution in [3.05, 3.63) is 24.3 Å². The molecule has 2 rings (SSSR count). The first-order chi connectivity index (χ1) is 8.18. The number of likely N-dealkylation sites (N-methyl/N-ethyl adjacent to an activating group) is 1. The van der Waals surface area contributed by atoms with Crippen LogP contribution in [-0.2, 0) is 0 Å². The van der Waals surface area contributed by atoms with Crippen LogP contribution in [0.25, 0.3) is 0 Å². The third-order valence-electron chi connectivity index (χ3n) is 3.62. The third-order valence-corrected chi connectivity index (χ3v) is 3.62. The van der Waals surface area contributed by atoms with E-state index in [1.165, 1.54) is 12.8 Å². The number of nitrogens with zero attached hydrogens (tertiary/aromatic N) is 1. The standard InChI is InChI=1S/C14H22N2O/c1-11(12-7-8-12)16(2)9-10-17-14-6-4-3-5-13(14)15/h3-6,11-12H,7-10,15H2,1-2H3. The van der Waals surface area contributed by atoms with Crippen LogP contribution in [0.15, 0.2) is 24.3 Å². The number of hydrogen-bond donors (Lipinski definition) is 1. The second kappa shape index (κ2) is 5.41. The lowest BCUT2D eigenvalue weighted by Gasteiger charge is -2.24. The molecular formula is C14H22N2O. The molecular weight excluding hydrogens is 212 g/mol. The van der Waals surface area contributed by atoms with Crippen LogP contribution in [0.4, 0.5) is 5.69 Å². The van der Waals surface area contributed by atoms with Gasteiger partial charge in [0.2, 0.25) is 0 Å². The van der Waals surface area contributed by atoms with E-state index < -0.39 is 0 Å². The van der Waals surface area contributed by atoms with Gasteiger partial charge in [-0.1, -0.05) is 12.1 Å². The first-order valence-electron chi connectivity index (χ1n) is 6.36. The van der Waals surface area contributed by atoms with Crippen LogP contribution >= 0.6 is 0 Å². The van der Waals surface area contributed by atoms with Crippen LogP contribution in [0, 0.1) is 5.92 Å². The minimum atomic E-state index is 0.673. The molecule has 1 aliphatic rings. The highest BCUT2D eigenvalue weighted by molar-refractivity contribution is 5.51. The molecule has 1 aromatic carbocycles. The molecule has 1 aromatic rings. The molecule has 0 spiro atoms. The van der Waals surface area contributed by atoms with Crippen LogP contribution in [0.1, 0.15) is 19.8 Å². The van der Waals surface area contributed by atoms with E-state index in [2.05, 4.69) is 18.9 Å². The lowest BCUT2D eigenvalue weighted by Crippen LogP contribution is -2.34. The van der Waals surface area contributed by atoms with Crippen molar-refractivity contribution in [2.75, 3.05) is 25.9 Å². The summed E-state index contributed by atoms with van der Waals surface area (Å²) < 4.78 is 5.69. The second-order valence-electron chi connectivity index (χ2n) is 4.94. The third kappa shape index (κ3) is 3.37. The highest BCUT2D eigenvalue weighted by atomic mass is 16.5. The van der Waals surface area contributed by atoms with Crippen molar-refractivity contribution in [3.63, 3.8) is 0 Å². The predicted octanol–water partition coefficient (Wildman–Crippen LogP) is 2.38. The highest BCUT2D eigenvalue weighted by Crippen LogP contribution is 2.34. The molecule has 0 heterocycles. The Morgan fingerprint density at radius 2 is 2.12 bits per heavy atom. The number of benzene rings is 1. The average Bonchev–Trinajstić information content (AvgIpc) is 3.14. The minimum absolute atomic E-state index is 0.673. The Balaban J connectivity index is 1.73. The summed E-state index contributed by atoms with van der Waals surface area (Å²) in [7, 11) is 2.17. The van der Waals surface area contributed by atoms with Gasteiger partial charge < -0.3 is 15.4 Å². The summed E-state index contributed by atoms with van der Waals surface area (Å²) >= 11 is 0. The SMILES string of the molecule is CC(C1CC1)N(C)CCOc1ccccc1N. The Kier molecular flexibility index (Phi) is 3.89. The lowest BCUT2D eigenvalue weighted by molar-refractivity contribution is 0.187. The van der Waals surface area contributed by atoms with Gasteiger partial charge in [0.1, 0.15) is 12.4 Å². The van der Waals surface area contributed by atoms with E-state index >= 15 is 0 Å². The average molecular weight is 234 g/mol. The number of nitrogens with two attached hydrogens (primary N) is 1. The minimum Gasteiger partial charge on any atom is -0.490 e.